The van der Waals surface area contributed by atoms with E-state index in [2.05, 4.69) is 0 Å². The first-order valence-corrected chi connectivity index (χ1v) is 8.54. The third kappa shape index (κ3) is 3.73. The molecule has 1 rings (SSSR count). The normalized spacial score (nSPS) is 12.6. The number of aryl methyl sites for hydroxylation is 1. The molecule has 5 heteroatoms. The second kappa shape index (κ2) is 6.59. The van der Waals surface area contributed by atoms with Gasteiger partial charge in [-0.2, -0.15) is 4.31 Å². The van der Waals surface area contributed by atoms with Crippen LogP contribution >= 0.6 is 0 Å². The van der Waals surface area contributed by atoms with Crippen molar-refractivity contribution < 1.29 is 8.42 Å². The quantitative estimate of drug-likeness (QED) is 0.821. The van der Waals surface area contributed by atoms with Crippen LogP contribution in [-0.4, -0.2) is 25.3 Å². The second-order valence-corrected chi connectivity index (χ2v) is 7.67. The highest BCUT2D eigenvalue weighted by molar-refractivity contribution is 7.89. The SMILES string of the molecule is CCc1ccc(S(=O)(=O)N(CC(C)C)C(C)C)cc1N. The standard InChI is InChI=1S/C15H26N2O2S/c1-6-13-7-8-14(9-15(13)16)20(18,19)17(12(4)5)10-11(2)3/h7-9,11-12H,6,10,16H2,1-5H3. The van der Waals surface area contributed by atoms with Crippen molar-refractivity contribution in [1.82, 2.24) is 4.31 Å². The zero-order valence-corrected chi connectivity index (χ0v) is 13.9. The first-order valence-electron chi connectivity index (χ1n) is 7.10. The van der Waals surface area contributed by atoms with Gasteiger partial charge >= 0.3 is 0 Å². The van der Waals surface area contributed by atoms with E-state index in [0.717, 1.165) is 12.0 Å². The Hall–Kier alpha value is -1.07. The first-order chi connectivity index (χ1) is 9.20. The number of sulfonamides is 1. The molecule has 114 valence electrons. The summed E-state index contributed by atoms with van der Waals surface area (Å²) in [5.41, 5.74) is 7.44. The van der Waals surface area contributed by atoms with Crippen LogP contribution in [0.15, 0.2) is 23.1 Å². The highest BCUT2D eigenvalue weighted by atomic mass is 32.2. The van der Waals surface area contributed by atoms with Crippen LogP contribution < -0.4 is 5.73 Å². The van der Waals surface area contributed by atoms with E-state index < -0.39 is 10.0 Å². The van der Waals surface area contributed by atoms with Crippen LogP contribution in [0.25, 0.3) is 0 Å². The minimum Gasteiger partial charge on any atom is -0.398 e. The van der Waals surface area contributed by atoms with E-state index in [1.54, 1.807) is 18.2 Å². The smallest absolute Gasteiger partial charge is 0.243 e. The maximum atomic E-state index is 12.7. The highest BCUT2D eigenvalue weighted by Crippen LogP contribution is 2.23. The minimum absolute atomic E-state index is 0.0746. The topological polar surface area (TPSA) is 63.4 Å². The Labute approximate surface area is 123 Å². The van der Waals surface area contributed by atoms with Crippen LogP contribution in [-0.2, 0) is 16.4 Å². The molecule has 0 aliphatic carbocycles. The fourth-order valence-corrected chi connectivity index (χ4v) is 3.97. The molecule has 0 amide bonds. The molecule has 0 unspecified atom stereocenters. The van der Waals surface area contributed by atoms with E-state index in [1.165, 1.54) is 4.31 Å². The molecule has 0 spiro atoms. The molecule has 0 radical (unpaired) electrons. The summed E-state index contributed by atoms with van der Waals surface area (Å²) >= 11 is 0. The van der Waals surface area contributed by atoms with Gasteiger partial charge in [0.1, 0.15) is 0 Å². The number of anilines is 1. The molecule has 0 aliphatic heterocycles. The summed E-state index contributed by atoms with van der Waals surface area (Å²) in [6.07, 6.45) is 0.798. The zero-order chi connectivity index (χ0) is 15.5. The summed E-state index contributed by atoms with van der Waals surface area (Å²) < 4.78 is 27.0. The molecular formula is C15H26N2O2S. The van der Waals surface area contributed by atoms with Crippen molar-refractivity contribution in [1.29, 1.82) is 0 Å². The minimum atomic E-state index is -3.49. The van der Waals surface area contributed by atoms with Gasteiger partial charge in [0.05, 0.1) is 4.90 Å². The van der Waals surface area contributed by atoms with E-state index in [4.69, 9.17) is 5.73 Å². The highest BCUT2D eigenvalue weighted by Gasteiger charge is 2.27. The van der Waals surface area contributed by atoms with Gasteiger partial charge in [-0.3, -0.25) is 0 Å². The lowest BCUT2D eigenvalue weighted by Gasteiger charge is -2.27. The van der Waals surface area contributed by atoms with Crippen LogP contribution in [0.3, 0.4) is 0 Å². The first kappa shape index (κ1) is 17.0. The molecule has 2 N–H and O–H groups in total. The molecule has 0 aromatic heterocycles. The molecular weight excluding hydrogens is 272 g/mol. The zero-order valence-electron chi connectivity index (χ0n) is 13.1. The van der Waals surface area contributed by atoms with Gasteiger partial charge in [0.25, 0.3) is 0 Å². The summed E-state index contributed by atoms with van der Waals surface area (Å²) in [7, 11) is -3.49. The Kier molecular flexibility index (Phi) is 5.59. The van der Waals surface area contributed by atoms with Crippen molar-refractivity contribution in [2.45, 2.75) is 52.0 Å². The summed E-state index contributed by atoms with van der Waals surface area (Å²) in [5, 5.41) is 0. The molecule has 0 fully saturated rings. The molecule has 0 atom stereocenters. The number of hydrogen-bond acceptors (Lipinski definition) is 3. The van der Waals surface area contributed by atoms with Crippen LogP contribution in [0.5, 0.6) is 0 Å². The number of nitrogens with two attached hydrogens (primary N) is 1. The Balaban J connectivity index is 3.23. The molecule has 0 heterocycles. The van der Waals surface area contributed by atoms with Crippen molar-refractivity contribution >= 4 is 15.7 Å². The predicted octanol–water partition coefficient (Wildman–Crippen LogP) is 2.89. The van der Waals surface area contributed by atoms with Crippen molar-refractivity contribution in [3.8, 4) is 0 Å². The molecule has 0 bridgehead atoms. The molecule has 20 heavy (non-hydrogen) atoms. The van der Waals surface area contributed by atoms with E-state index in [9.17, 15) is 8.42 Å². The van der Waals surface area contributed by atoms with Gasteiger partial charge in [-0.1, -0.05) is 26.8 Å². The lowest BCUT2D eigenvalue weighted by Crippen LogP contribution is -2.39. The van der Waals surface area contributed by atoms with Crippen LogP contribution in [0.1, 0.15) is 40.2 Å². The molecule has 1 aromatic carbocycles. The maximum Gasteiger partial charge on any atom is 0.243 e. The van der Waals surface area contributed by atoms with Crippen LogP contribution in [0.4, 0.5) is 5.69 Å². The number of nitrogens with zero attached hydrogens (tertiary/aromatic N) is 1. The molecule has 4 nitrogen and oxygen atoms in total. The Morgan fingerprint density at radius 1 is 1.20 bits per heavy atom. The fourth-order valence-electron chi connectivity index (χ4n) is 2.14. The Morgan fingerprint density at radius 2 is 1.80 bits per heavy atom. The van der Waals surface area contributed by atoms with E-state index in [-0.39, 0.29) is 16.9 Å². The summed E-state index contributed by atoms with van der Waals surface area (Å²) in [6, 6.07) is 4.95. The number of benzene rings is 1. The summed E-state index contributed by atoms with van der Waals surface area (Å²) in [5.74, 6) is 0.277. The second-order valence-electron chi connectivity index (χ2n) is 5.78. The molecule has 1 aromatic rings. The van der Waals surface area contributed by atoms with Gasteiger partial charge in [0, 0.05) is 18.3 Å². The van der Waals surface area contributed by atoms with Crippen molar-refractivity contribution in [3.05, 3.63) is 23.8 Å². The lowest BCUT2D eigenvalue weighted by atomic mass is 10.1. The number of hydrogen-bond donors (Lipinski definition) is 1. The van der Waals surface area contributed by atoms with E-state index in [0.29, 0.717) is 12.2 Å². The third-order valence-corrected chi connectivity index (χ3v) is 5.26. The maximum absolute atomic E-state index is 12.7. The van der Waals surface area contributed by atoms with Gasteiger partial charge in [-0.05, 0) is 43.9 Å². The van der Waals surface area contributed by atoms with Gasteiger partial charge in [0.15, 0.2) is 0 Å². The fraction of sp³-hybridized carbons (Fsp3) is 0.600. The number of rotatable bonds is 6. The molecule has 0 saturated carbocycles. The Bertz CT molecular complexity index is 551. The lowest BCUT2D eigenvalue weighted by molar-refractivity contribution is 0.319. The predicted molar refractivity (Wildman–Crippen MR) is 84.1 cm³/mol. The van der Waals surface area contributed by atoms with Gasteiger partial charge in [-0.15, -0.1) is 0 Å². The average molecular weight is 298 g/mol. The van der Waals surface area contributed by atoms with Gasteiger partial charge < -0.3 is 5.73 Å². The van der Waals surface area contributed by atoms with Crippen LogP contribution in [0.2, 0.25) is 0 Å². The molecule has 0 saturated heterocycles. The van der Waals surface area contributed by atoms with E-state index >= 15 is 0 Å². The molecule has 0 aliphatic rings. The van der Waals surface area contributed by atoms with Gasteiger partial charge in [0.2, 0.25) is 10.0 Å². The Morgan fingerprint density at radius 3 is 2.20 bits per heavy atom. The summed E-state index contributed by atoms with van der Waals surface area (Å²) in [6.45, 7) is 10.3. The average Bonchev–Trinajstić information content (AvgIpc) is 2.35. The van der Waals surface area contributed by atoms with E-state index in [1.807, 2.05) is 34.6 Å². The van der Waals surface area contributed by atoms with Gasteiger partial charge in [-0.25, -0.2) is 8.42 Å². The van der Waals surface area contributed by atoms with Crippen molar-refractivity contribution in [2.24, 2.45) is 5.92 Å². The monoisotopic (exact) mass is 298 g/mol. The van der Waals surface area contributed by atoms with Crippen molar-refractivity contribution in [3.63, 3.8) is 0 Å². The van der Waals surface area contributed by atoms with Crippen molar-refractivity contribution in [2.75, 3.05) is 12.3 Å². The largest absolute Gasteiger partial charge is 0.398 e. The summed E-state index contributed by atoms with van der Waals surface area (Å²) in [4.78, 5) is 0.279. The number of nitrogen functional groups attached to an aromatic ring is 1. The third-order valence-electron chi connectivity index (χ3n) is 3.23. The van der Waals surface area contributed by atoms with Crippen LogP contribution in [0, 0.1) is 5.92 Å².